The van der Waals surface area contributed by atoms with Crippen molar-refractivity contribution in [1.29, 1.82) is 5.26 Å². The van der Waals surface area contributed by atoms with E-state index < -0.39 is 5.54 Å². The molecule has 5 nitrogen and oxygen atoms in total. The fraction of sp³-hybridized carbons (Fsp3) is 0.375. The molecule has 2 rings (SSSR count). The first kappa shape index (κ1) is 19.6. The van der Waals surface area contributed by atoms with Crippen LogP contribution in [0.4, 0.5) is 4.39 Å². The Morgan fingerprint density at radius 3 is 2.72 bits per heavy atom. The van der Waals surface area contributed by atoms with Crippen molar-refractivity contribution in [1.82, 2.24) is 15.1 Å². The number of rotatable bonds is 6. The molecule has 0 fully saturated rings. The second kappa shape index (κ2) is 8.08. The summed E-state index contributed by atoms with van der Waals surface area (Å²) in [6.07, 6.45) is 0. The lowest BCUT2D eigenvalue weighted by molar-refractivity contribution is -0.120. The fourth-order valence-electron chi connectivity index (χ4n) is 1.82. The van der Waals surface area contributed by atoms with Crippen molar-refractivity contribution in [2.24, 2.45) is 5.92 Å². The number of carbonyl (C=O) groups is 1. The first-order valence-corrected chi connectivity index (χ1v) is 9.67. The zero-order chi connectivity index (χ0) is 18.6. The van der Waals surface area contributed by atoms with E-state index in [1.54, 1.807) is 19.1 Å². The van der Waals surface area contributed by atoms with Gasteiger partial charge in [0.25, 0.3) is 0 Å². The molecular formula is C16H17FN4OS3. The minimum absolute atomic E-state index is 0.00816. The lowest BCUT2D eigenvalue weighted by atomic mass is 9.90. The fourth-order valence-corrected chi connectivity index (χ4v) is 3.98. The van der Waals surface area contributed by atoms with Crippen LogP contribution in [0.3, 0.4) is 0 Å². The number of hydrogen-bond acceptors (Lipinski definition) is 6. The van der Waals surface area contributed by atoms with Gasteiger partial charge in [0, 0.05) is 0 Å². The Kier molecular flexibility index (Phi) is 6.32. The molecule has 9 heteroatoms. The highest BCUT2D eigenvalue weighted by Crippen LogP contribution is 2.24. The van der Waals surface area contributed by atoms with Crippen LogP contribution in [0.15, 0.2) is 28.6 Å². The Bertz CT molecular complexity index is 854. The lowest BCUT2D eigenvalue weighted by Gasteiger charge is -2.27. The molecule has 0 spiro atoms. The number of nitrogens with zero attached hydrogens (tertiary/aromatic N) is 3. The van der Waals surface area contributed by atoms with Crippen molar-refractivity contribution in [2.75, 3.05) is 5.75 Å². The normalized spacial score (nSPS) is 13.3. The molecule has 25 heavy (non-hydrogen) atoms. The maximum Gasteiger partial charge on any atom is 0.231 e. The van der Waals surface area contributed by atoms with E-state index in [4.69, 9.17) is 12.2 Å². The minimum Gasteiger partial charge on any atom is -0.337 e. The van der Waals surface area contributed by atoms with E-state index in [0.717, 1.165) is 0 Å². The molecule has 0 saturated heterocycles. The summed E-state index contributed by atoms with van der Waals surface area (Å²) >= 11 is 7.80. The Balaban J connectivity index is 2.04. The second-order valence-corrected chi connectivity index (χ2v) is 8.67. The van der Waals surface area contributed by atoms with Gasteiger partial charge in [0.2, 0.25) is 5.91 Å². The van der Waals surface area contributed by atoms with Gasteiger partial charge in [0.05, 0.1) is 17.5 Å². The van der Waals surface area contributed by atoms with Crippen LogP contribution in [0.25, 0.3) is 5.69 Å². The van der Waals surface area contributed by atoms with Gasteiger partial charge in [-0.2, -0.15) is 5.26 Å². The molecule has 1 heterocycles. The molecule has 132 valence electrons. The Morgan fingerprint density at radius 2 is 2.16 bits per heavy atom. The van der Waals surface area contributed by atoms with Gasteiger partial charge in [-0.3, -0.25) is 4.79 Å². The summed E-state index contributed by atoms with van der Waals surface area (Å²) in [7, 11) is 0. The predicted molar refractivity (Wildman–Crippen MR) is 100.0 cm³/mol. The van der Waals surface area contributed by atoms with Crippen LogP contribution < -0.4 is 5.32 Å². The number of thioether (sulfide) groups is 1. The predicted octanol–water partition coefficient (Wildman–Crippen LogP) is 3.95. The first-order chi connectivity index (χ1) is 11.7. The van der Waals surface area contributed by atoms with Crippen LogP contribution >= 0.6 is 35.3 Å². The molecule has 1 aromatic heterocycles. The van der Waals surface area contributed by atoms with E-state index in [9.17, 15) is 14.4 Å². The summed E-state index contributed by atoms with van der Waals surface area (Å²) in [5, 5.41) is 16.4. The molecule has 0 aliphatic carbocycles. The van der Waals surface area contributed by atoms with Crippen molar-refractivity contribution in [3.63, 3.8) is 0 Å². The smallest absolute Gasteiger partial charge is 0.231 e. The summed E-state index contributed by atoms with van der Waals surface area (Å²) in [4.78, 5) is 12.1. The zero-order valence-electron chi connectivity index (χ0n) is 13.9. The highest BCUT2D eigenvalue weighted by Gasteiger charge is 2.29. The standard InChI is InChI=1S/C16H17FN4OS3/c1-10(2)16(3,9-18)19-13(22)8-24-14-20-21(15(23)25-14)12-6-4-11(17)5-7-12/h4-7,10H,8H2,1-3H3,(H,19,22)/t16-/m1/s1. The Morgan fingerprint density at radius 1 is 1.52 bits per heavy atom. The zero-order valence-corrected chi connectivity index (χ0v) is 16.4. The van der Waals surface area contributed by atoms with Gasteiger partial charge in [-0.15, -0.1) is 5.10 Å². The van der Waals surface area contributed by atoms with Crippen LogP contribution in [0, 0.1) is 27.0 Å². The van der Waals surface area contributed by atoms with E-state index >= 15 is 0 Å². The summed E-state index contributed by atoms with van der Waals surface area (Å²) in [6.45, 7) is 5.46. The van der Waals surface area contributed by atoms with Gasteiger partial charge in [-0.1, -0.05) is 36.9 Å². The third-order valence-electron chi connectivity index (χ3n) is 3.71. The highest BCUT2D eigenvalue weighted by molar-refractivity contribution is 8.01. The van der Waals surface area contributed by atoms with Crippen LogP contribution in [-0.2, 0) is 4.79 Å². The summed E-state index contributed by atoms with van der Waals surface area (Å²) in [5.74, 6) is -0.443. The molecule has 0 aliphatic heterocycles. The summed E-state index contributed by atoms with van der Waals surface area (Å²) in [6, 6.07) is 8.00. The number of nitriles is 1. The maximum absolute atomic E-state index is 13.0. The average molecular weight is 397 g/mol. The van der Waals surface area contributed by atoms with Crippen molar-refractivity contribution in [2.45, 2.75) is 30.6 Å². The maximum atomic E-state index is 13.0. The molecular weight excluding hydrogens is 379 g/mol. The number of halogens is 1. The van der Waals surface area contributed by atoms with Crippen molar-refractivity contribution >= 4 is 41.2 Å². The van der Waals surface area contributed by atoms with Crippen LogP contribution in [0.1, 0.15) is 20.8 Å². The van der Waals surface area contributed by atoms with E-state index in [-0.39, 0.29) is 23.4 Å². The third-order valence-corrected chi connectivity index (χ3v) is 6.08. The monoisotopic (exact) mass is 396 g/mol. The molecule has 0 bridgehead atoms. The average Bonchev–Trinajstić information content (AvgIpc) is 2.94. The number of carbonyl (C=O) groups excluding carboxylic acids is 1. The van der Waals surface area contributed by atoms with E-state index in [1.807, 2.05) is 13.8 Å². The number of aromatic nitrogens is 2. The van der Waals surface area contributed by atoms with Gasteiger partial charge in [0.1, 0.15) is 11.4 Å². The first-order valence-electron chi connectivity index (χ1n) is 7.46. The van der Waals surface area contributed by atoms with E-state index in [0.29, 0.717) is 14.0 Å². The quantitative estimate of drug-likeness (QED) is 0.591. The van der Waals surface area contributed by atoms with Gasteiger partial charge < -0.3 is 5.32 Å². The van der Waals surface area contributed by atoms with Crippen LogP contribution in [0.2, 0.25) is 0 Å². The number of hydrogen-bond donors (Lipinski definition) is 1. The van der Waals surface area contributed by atoms with Gasteiger partial charge in [-0.25, -0.2) is 9.07 Å². The van der Waals surface area contributed by atoms with Crippen LogP contribution in [-0.4, -0.2) is 27.0 Å². The lowest BCUT2D eigenvalue weighted by Crippen LogP contribution is -2.49. The molecule has 0 aliphatic rings. The molecule has 1 aromatic carbocycles. The van der Waals surface area contributed by atoms with E-state index in [2.05, 4.69) is 16.5 Å². The number of amides is 1. The van der Waals surface area contributed by atoms with Gasteiger partial charge in [0.15, 0.2) is 8.29 Å². The molecule has 2 aromatic rings. The molecule has 0 radical (unpaired) electrons. The molecule has 1 N–H and O–H groups in total. The van der Waals surface area contributed by atoms with Gasteiger partial charge in [-0.05, 0) is 49.3 Å². The summed E-state index contributed by atoms with van der Waals surface area (Å²) in [5.41, 5.74) is -0.242. The Labute approximate surface area is 158 Å². The largest absolute Gasteiger partial charge is 0.337 e. The van der Waals surface area contributed by atoms with Crippen LogP contribution in [0.5, 0.6) is 0 Å². The topological polar surface area (TPSA) is 70.7 Å². The molecule has 1 amide bonds. The SMILES string of the molecule is CC(C)[C@@](C)(C#N)NC(=O)CSc1nn(-c2ccc(F)cc2)c(=S)s1. The molecule has 1 atom stereocenters. The Hall–Kier alpha value is -1.76. The van der Waals surface area contributed by atoms with Crippen molar-refractivity contribution in [3.8, 4) is 11.8 Å². The number of nitrogens with one attached hydrogen (secondary N) is 1. The highest BCUT2D eigenvalue weighted by atomic mass is 32.2. The van der Waals surface area contributed by atoms with Crippen molar-refractivity contribution < 1.29 is 9.18 Å². The van der Waals surface area contributed by atoms with E-state index in [1.165, 1.54) is 39.9 Å². The minimum atomic E-state index is -0.905. The molecule has 0 saturated carbocycles. The van der Waals surface area contributed by atoms with Crippen molar-refractivity contribution in [3.05, 3.63) is 34.0 Å². The number of benzene rings is 1. The second-order valence-electron chi connectivity index (χ2n) is 5.83. The molecule has 0 unspecified atom stereocenters. The van der Waals surface area contributed by atoms with Gasteiger partial charge >= 0.3 is 0 Å². The third kappa shape index (κ3) is 4.87. The summed E-state index contributed by atoms with van der Waals surface area (Å²) < 4.78 is 15.7.